The molecule has 5 aliphatic rings. The fourth-order valence-corrected chi connectivity index (χ4v) is 8.66. The molecule has 62 heavy (non-hydrogen) atoms. The Morgan fingerprint density at radius 3 is 1.92 bits per heavy atom. The summed E-state index contributed by atoms with van der Waals surface area (Å²) >= 11 is 0. The third-order valence-corrected chi connectivity index (χ3v) is 10.8. The molecule has 3 aromatic carbocycles. The van der Waals surface area contributed by atoms with E-state index in [1.54, 1.807) is 71.0 Å². The van der Waals surface area contributed by atoms with Gasteiger partial charge in [-0.05, 0) is 64.4 Å². The van der Waals surface area contributed by atoms with Gasteiger partial charge in [-0.3, -0.25) is 9.59 Å². The van der Waals surface area contributed by atoms with Gasteiger partial charge >= 0.3 is 35.9 Å². The smallest absolute Gasteiger partial charge is 0.408 e. The Hall–Kier alpha value is -5.43. The lowest BCUT2D eigenvalue weighted by molar-refractivity contribution is -0.545. The second kappa shape index (κ2) is 17.4. The van der Waals surface area contributed by atoms with Crippen LogP contribution in [0.2, 0.25) is 0 Å². The molecule has 3 aromatic rings. The first-order valence-corrected chi connectivity index (χ1v) is 20.2. The maximum Gasteiger partial charge on any atom is 0.408 e. The third-order valence-electron chi connectivity index (χ3n) is 10.8. The maximum atomic E-state index is 14.4. The van der Waals surface area contributed by atoms with E-state index in [-0.39, 0.29) is 24.3 Å². The van der Waals surface area contributed by atoms with Gasteiger partial charge in [-0.1, -0.05) is 66.7 Å². The van der Waals surface area contributed by atoms with Gasteiger partial charge in [0.1, 0.15) is 42.9 Å². The predicted octanol–water partition coefficient (Wildman–Crippen LogP) is 4.99. The van der Waals surface area contributed by atoms with Crippen molar-refractivity contribution < 1.29 is 76.1 Å². The van der Waals surface area contributed by atoms with E-state index in [0.29, 0.717) is 0 Å². The molecule has 17 heteroatoms. The molecule has 4 saturated heterocycles. The number of carbonyl (C=O) groups is 5. The number of nitrogens with one attached hydrogen (secondary N) is 1. The van der Waals surface area contributed by atoms with Gasteiger partial charge in [-0.25, -0.2) is 14.4 Å². The molecule has 4 bridgehead atoms. The zero-order chi connectivity index (χ0) is 44.5. The third kappa shape index (κ3) is 8.91. The maximum absolute atomic E-state index is 14.4. The van der Waals surface area contributed by atoms with Gasteiger partial charge in [-0.2, -0.15) is 0 Å². The number of hydrogen-bond acceptors (Lipinski definition) is 16. The molecule has 17 nitrogen and oxygen atoms in total. The Morgan fingerprint density at radius 1 is 0.758 bits per heavy atom. The Kier molecular flexibility index (Phi) is 12.5. The van der Waals surface area contributed by atoms with E-state index in [0.717, 1.165) is 19.4 Å². The molecule has 8 rings (SSSR count). The highest BCUT2D eigenvalue weighted by molar-refractivity contribution is 5.90. The number of hydrogen-bond donors (Lipinski definition) is 1. The summed E-state index contributed by atoms with van der Waals surface area (Å²) < 4.78 is 69.1. The van der Waals surface area contributed by atoms with Gasteiger partial charge in [0, 0.05) is 19.8 Å². The Morgan fingerprint density at radius 2 is 1.35 bits per heavy atom. The van der Waals surface area contributed by atoms with Crippen molar-refractivity contribution in [3.63, 3.8) is 0 Å². The first kappa shape index (κ1) is 44.6. The molecule has 1 amide bonds. The SMILES string of the molecule is CC(=O)O[C@@H]1[C@]2(OC(=O)c3ccccc3)O[C@@H]3[C@@H]([C@H]4COC(C)(C)O4)[C@@]1(NC(=O)OC(C)(C)C)[C@H](OCOCc1ccccc1)[C@H](O2)[C@@]3(COC(=O)c1ccccc1)OC(C)=O. The number of amides is 1. The molecule has 4 heterocycles. The molecule has 0 radical (unpaired) electrons. The molecule has 5 fully saturated rings. The summed E-state index contributed by atoms with van der Waals surface area (Å²) in [6.45, 7) is 9.23. The van der Waals surface area contributed by atoms with Crippen molar-refractivity contribution in [3.05, 3.63) is 108 Å². The van der Waals surface area contributed by atoms with E-state index in [1.165, 1.54) is 24.3 Å². The van der Waals surface area contributed by atoms with Crippen LogP contribution in [-0.4, -0.2) is 109 Å². The van der Waals surface area contributed by atoms with Crippen LogP contribution >= 0.6 is 0 Å². The van der Waals surface area contributed by atoms with Crippen molar-refractivity contribution in [2.75, 3.05) is 20.0 Å². The normalized spacial score (nSPS) is 30.5. The van der Waals surface area contributed by atoms with Crippen LogP contribution in [-0.2, 0) is 68.3 Å². The van der Waals surface area contributed by atoms with E-state index in [2.05, 4.69) is 5.32 Å². The fourth-order valence-electron chi connectivity index (χ4n) is 8.66. The average molecular weight is 862 g/mol. The first-order chi connectivity index (χ1) is 29.4. The molecule has 0 aromatic heterocycles. The van der Waals surface area contributed by atoms with Crippen molar-refractivity contribution in [3.8, 4) is 0 Å². The monoisotopic (exact) mass is 861 g/mol. The summed E-state index contributed by atoms with van der Waals surface area (Å²) in [4.78, 5) is 69.1. The lowest BCUT2D eigenvalue weighted by Crippen LogP contribution is -2.96. The zero-order valence-corrected chi connectivity index (χ0v) is 35.5. The minimum atomic E-state index is -2.70. The van der Waals surface area contributed by atoms with E-state index in [9.17, 15) is 24.0 Å². The van der Waals surface area contributed by atoms with Gasteiger partial charge in [0.15, 0.2) is 5.79 Å². The molecular formula is C45H51NO16. The van der Waals surface area contributed by atoms with Gasteiger partial charge in [0.05, 0.1) is 30.4 Å². The fraction of sp³-hybridized carbons (Fsp3) is 0.489. The summed E-state index contributed by atoms with van der Waals surface area (Å²) in [6, 6.07) is 25.2. The van der Waals surface area contributed by atoms with Gasteiger partial charge in [0.2, 0.25) is 11.7 Å². The number of benzene rings is 3. The second-order valence-corrected chi connectivity index (χ2v) is 16.9. The Labute approximate surface area is 358 Å². The van der Waals surface area contributed by atoms with Crippen LogP contribution in [0.15, 0.2) is 91.0 Å². The topological polar surface area (TPSA) is 199 Å². The van der Waals surface area contributed by atoms with Crippen molar-refractivity contribution in [1.29, 1.82) is 0 Å². The van der Waals surface area contributed by atoms with Crippen LogP contribution in [0.4, 0.5) is 4.79 Å². The summed E-state index contributed by atoms with van der Waals surface area (Å²) in [5.41, 5.74) is -4.33. The second-order valence-electron chi connectivity index (χ2n) is 16.9. The molecule has 4 aliphatic heterocycles. The molecule has 9 atom stereocenters. The highest BCUT2D eigenvalue weighted by atomic mass is 16.9. The molecule has 0 spiro atoms. The van der Waals surface area contributed by atoms with Gasteiger partial charge in [0.25, 0.3) is 0 Å². The average Bonchev–Trinajstić information content (AvgIpc) is 3.57. The van der Waals surface area contributed by atoms with E-state index in [4.69, 9.17) is 52.1 Å². The van der Waals surface area contributed by atoms with Crippen LogP contribution in [0.1, 0.15) is 74.7 Å². The lowest BCUT2D eigenvalue weighted by atomic mass is 9.54. The van der Waals surface area contributed by atoms with Crippen LogP contribution in [0.25, 0.3) is 0 Å². The minimum absolute atomic E-state index is 0.0575. The molecule has 1 N–H and O–H groups in total. The van der Waals surface area contributed by atoms with E-state index >= 15 is 0 Å². The van der Waals surface area contributed by atoms with Gasteiger partial charge < -0.3 is 57.4 Å². The van der Waals surface area contributed by atoms with Crippen molar-refractivity contribution >= 4 is 30.0 Å². The Bertz CT molecular complexity index is 2110. The van der Waals surface area contributed by atoms with Crippen LogP contribution in [0.3, 0.4) is 0 Å². The van der Waals surface area contributed by atoms with Crippen LogP contribution < -0.4 is 5.32 Å². The molecule has 332 valence electrons. The quantitative estimate of drug-likeness (QED) is 0.0983. The molecule has 1 saturated carbocycles. The first-order valence-electron chi connectivity index (χ1n) is 20.2. The van der Waals surface area contributed by atoms with Crippen molar-refractivity contribution in [1.82, 2.24) is 5.32 Å². The number of carbonyl (C=O) groups excluding carboxylic acids is 5. The lowest BCUT2D eigenvalue weighted by Gasteiger charge is -2.72. The van der Waals surface area contributed by atoms with Gasteiger partial charge in [-0.15, -0.1) is 0 Å². The highest BCUT2D eigenvalue weighted by Gasteiger charge is 2.87. The number of esters is 4. The summed E-state index contributed by atoms with van der Waals surface area (Å²) in [7, 11) is 0. The molecular weight excluding hydrogens is 810 g/mol. The van der Waals surface area contributed by atoms with Crippen LogP contribution in [0.5, 0.6) is 0 Å². The number of rotatable bonds is 14. The predicted molar refractivity (Wildman–Crippen MR) is 213 cm³/mol. The van der Waals surface area contributed by atoms with Crippen molar-refractivity contribution in [2.45, 2.75) is 114 Å². The highest BCUT2D eigenvalue weighted by Crippen LogP contribution is 2.63. The standard InChI is InChI=1S/C45H51NO16/c1-27(47)56-39-44(46-40(51)62-41(3,4)5)33(32-24-55-42(6,7)58-32)34-43(57-28(2)48,25-53-37(49)30-19-13-9-14-20-30)35(36(44)54-26-52-23-29-17-11-8-12-18-29)60-45(39,59-34)61-38(50)31-21-15-10-16-22-31/h8-22,32-36,39H,23-26H2,1-7H3,(H,46,51)/t32-,33-,34-,35+,36-,39+,43+,44-,45+/m1/s1. The van der Waals surface area contributed by atoms with E-state index in [1.807, 2.05) is 30.3 Å². The van der Waals surface area contributed by atoms with Crippen molar-refractivity contribution in [2.24, 2.45) is 5.92 Å². The van der Waals surface area contributed by atoms with Crippen LogP contribution in [0, 0.1) is 5.92 Å². The molecule has 1 aliphatic carbocycles. The Balaban J connectivity index is 1.45. The van der Waals surface area contributed by atoms with E-state index < -0.39 is 108 Å². The zero-order valence-electron chi connectivity index (χ0n) is 35.5. The molecule has 0 unspecified atom stereocenters. The summed E-state index contributed by atoms with van der Waals surface area (Å²) in [6.07, 6.45) is -8.85. The summed E-state index contributed by atoms with van der Waals surface area (Å²) in [5, 5.41) is 2.97. The minimum Gasteiger partial charge on any atom is -0.458 e. The summed E-state index contributed by atoms with van der Waals surface area (Å²) in [5.74, 6) is -8.80. The number of ether oxygens (including phenoxy) is 11. The largest absolute Gasteiger partial charge is 0.458 e. The number of alkyl carbamates (subject to hydrolysis) is 1.